The molecule has 0 aliphatic heterocycles. The number of guanidine groups is 1. The summed E-state index contributed by atoms with van der Waals surface area (Å²) < 4.78 is 5.43. The van der Waals surface area contributed by atoms with Gasteiger partial charge in [-0.05, 0) is 26.7 Å². The van der Waals surface area contributed by atoms with Crippen molar-refractivity contribution in [3.05, 3.63) is 33.6 Å². The zero-order valence-corrected chi connectivity index (χ0v) is 16.4. The fraction of sp³-hybridized carbons (Fsp3) is 0.611. The van der Waals surface area contributed by atoms with Gasteiger partial charge in [-0.2, -0.15) is 0 Å². The first kappa shape index (κ1) is 19.4. The Bertz CT molecular complexity index is 660. The van der Waals surface area contributed by atoms with Gasteiger partial charge in [-0.1, -0.05) is 19.0 Å². The zero-order valence-electron chi connectivity index (χ0n) is 15.6. The van der Waals surface area contributed by atoms with Crippen molar-refractivity contribution in [1.82, 2.24) is 20.8 Å². The summed E-state index contributed by atoms with van der Waals surface area (Å²) in [5.74, 6) is 2.05. The molecule has 0 bridgehead atoms. The lowest BCUT2D eigenvalue weighted by Gasteiger charge is -2.10. The molecule has 25 heavy (non-hydrogen) atoms. The Hall–Kier alpha value is -1.89. The molecule has 2 heterocycles. The van der Waals surface area contributed by atoms with Crippen LogP contribution in [0.1, 0.15) is 61.7 Å². The molecule has 0 fully saturated rings. The average molecular weight is 364 g/mol. The van der Waals surface area contributed by atoms with E-state index < -0.39 is 0 Å². The number of rotatable bonds is 9. The molecule has 0 radical (unpaired) electrons. The fourth-order valence-corrected chi connectivity index (χ4v) is 3.28. The molecule has 0 aliphatic carbocycles. The van der Waals surface area contributed by atoms with Crippen molar-refractivity contribution >= 4 is 17.3 Å². The predicted molar refractivity (Wildman–Crippen MR) is 103 cm³/mol. The highest BCUT2D eigenvalue weighted by Gasteiger charge is 2.12. The first-order chi connectivity index (χ1) is 12.2. The van der Waals surface area contributed by atoms with E-state index in [0.717, 1.165) is 60.5 Å². The minimum absolute atomic E-state index is 0.467. The van der Waals surface area contributed by atoms with Crippen molar-refractivity contribution in [2.75, 3.05) is 13.1 Å². The quantitative estimate of drug-likeness (QED) is 0.525. The number of hydrogen-bond acceptors (Lipinski definition) is 5. The molecule has 0 spiro atoms. The third kappa shape index (κ3) is 6.16. The van der Waals surface area contributed by atoms with Crippen LogP contribution in [-0.2, 0) is 13.0 Å². The summed E-state index contributed by atoms with van der Waals surface area (Å²) >= 11 is 1.69. The normalized spacial score (nSPS) is 12.0. The van der Waals surface area contributed by atoms with Crippen LogP contribution in [0.5, 0.6) is 0 Å². The highest BCUT2D eigenvalue weighted by atomic mass is 32.1. The van der Waals surface area contributed by atoms with Gasteiger partial charge >= 0.3 is 0 Å². The summed E-state index contributed by atoms with van der Waals surface area (Å²) in [7, 11) is 0. The van der Waals surface area contributed by atoms with Crippen LogP contribution in [0.3, 0.4) is 0 Å². The summed E-state index contributed by atoms with van der Waals surface area (Å²) in [6, 6.07) is 2.03. The first-order valence-electron chi connectivity index (χ1n) is 9.04. The second kappa shape index (κ2) is 10.2. The zero-order chi connectivity index (χ0) is 18.1. The van der Waals surface area contributed by atoms with Crippen LogP contribution in [0.2, 0.25) is 0 Å². The van der Waals surface area contributed by atoms with Gasteiger partial charge in [-0.3, -0.25) is 0 Å². The third-order valence-corrected chi connectivity index (χ3v) is 4.88. The Kier molecular flexibility index (Phi) is 7.91. The molecular weight excluding hydrogens is 334 g/mol. The van der Waals surface area contributed by atoms with E-state index in [2.05, 4.69) is 51.9 Å². The van der Waals surface area contributed by atoms with Crippen molar-refractivity contribution in [3.8, 4) is 0 Å². The van der Waals surface area contributed by atoms with Crippen LogP contribution in [0.4, 0.5) is 0 Å². The van der Waals surface area contributed by atoms with E-state index in [4.69, 9.17) is 4.52 Å². The van der Waals surface area contributed by atoms with Crippen LogP contribution in [0.15, 0.2) is 21.0 Å². The summed E-state index contributed by atoms with van der Waals surface area (Å²) in [6.45, 7) is 10.5. The largest absolute Gasteiger partial charge is 0.359 e. The van der Waals surface area contributed by atoms with Crippen molar-refractivity contribution in [2.24, 2.45) is 4.99 Å². The number of thiazole rings is 1. The van der Waals surface area contributed by atoms with Crippen LogP contribution >= 0.6 is 11.3 Å². The van der Waals surface area contributed by atoms with E-state index in [0.29, 0.717) is 12.5 Å². The Morgan fingerprint density at radius 2 is 2.08 bits per heavy atom. The second-order valence-electron chi connectivity index (χ2n) is 5.96. The molecule has 7 heteroatoms. The maximum absolute atomic E-state index is 5.43. The lowest BCUT2D eigenvalue weighted by molar-refractivity contribution is 0.372. The SMILES string of the molecule is CCNC(=NCc1cc(C(CC)CC)no1)NCCc1csc(C)n1. The molecule has 0 saturated carbocycles. The molecule has 0 aromatic carbocycles. The second-order valence-corrected chi connectivity index (χ2v) is 7.02. The Morgan fingerprint density at radius 3 is 2.72 bits per heavy atom. The fourth-order valence-electron chi connectivity index (χ4n) is 2.63. The number of hydrogen-bond donors (Lipinski definition) is 2. The highest BCUT2D eigenvalue weighted by molar-refractivity contribution is 7.09. The minimum atomic E-state index is 0.467. The van der Waals surface area contributed by atoms with E-state index in [1.807, 2.05) is 13.0 Å². The van der Waals surface area contributed by atoms with Crippen molar-refractivity contribution < 1.29 is 4.52 Å². The van der Waals surface area contributed by atoms with E-state index in [-0.39, 0.29) is 0 Å². The summed E-state index contributed by atoms with van der Waals surface area (Å²) in [5.41, 5.74) is 2.16. The number of nitrogens with one attached hydrogen (secondary N) is 2. The molecule has 138 valence electrons. The number of aryl methyl sites for hydroxylation is 1. The van der Waals surface area contributed by atoms with E-state index in [1.54, 1.807) is 11.3 Å². The maximum atomic E-state index is 5.43. The summed E-state index contributed by atoms with van der Waals surface area (Å²) in [5, 5.41) is 14.0. The molecule has 6 nitrogen and oxygen atoms in total. The molecule has 2 rings (SSSR count). The Balaban J connectivity index is 1.88. The molecule has 0 aliphatic rings. The molecule has 0 saturated heterocycles. The van der Waals surface area contributed by atoms with Gasteiger partial charge in [0, 0.05) is 36.9 Å². The molecule has 2 aromatic heterocycles. The van der Waals surface area contributed by atoms with Crippen LogP contribution in [0.25, 0.3) is 0 Å². The van der Waals surface area contributed by atoms with Crippen LogP contribution in [0, 0.1) is 6.92 Å². The standard InChI is InChI=1S/C18H29N5OS/c1-5-14(6-2)17-10-16(24-23-17)11-21-18(19-7-3)20-9-8-15-12-25-13(4)22-15/h10,12,14H,5-9,11H2,1-4H3,(H2,19,20,21). The van der Waals surface area contributed by atoms with E-state index in [1.165, 1.54) is 0 Å². The van der Waals surface area contributed by atoms with Gasteiger partial charge in [0.15, 0.2) is 11.7 Å². The minimum Gasteiger partial charge on any atom is -0.359 e. The molecule has 0 atom stereocenters. The van der Waals surface area contributed by atoms with Gasteiger partial charge in [0.05, 0.1) is 16.4 Å². The van der Waals surface area contributed by atoms with Gasteiger partial charge < -0.3 is 15.2 Å². The topological polar surface area (TPSA) is 75.3 Å². The lowest BCUT2D eigenvalue weighted by Crippen LogP contribution is -2.38. The van der Waals surface area contributed by atoms with Crippen LogP contribution < -0.4 is 10.6 Å². The van der Waals surface area contributed by atoms with Gasteiger partial charge in [0.2, 0.25) is 0 Å². The molecule has 0 amide bonds. The van der Waals surface area contributed by atoms with Crippen LogP contribution in [-0.4, -0.2) is 29.2 Å². The Morgan fingerprint density at radius 1 is 1.28 bits per heavy atom. The Labute approximate surface area is 154 Å². The number of aliphatic imine (C=N–C) groups is 1. The molecule has 2 aromatic rings. The first-order valence-corrected chi connectivity index (χ1v) is 9.92. The van der Waals surface area contributed by atoms with Gasteiger partial charge in [-0.25, -0.2) is 9.98 Å². The predicted octanol–water partition coefficient (Wildman–Crippen LogP) is 3.64. The smallest absolute Gasteiger partial charge is 0.191 e. The van der Waals surface area contributed by atoms with E-state index in [9.17, 15) is 0 Å². The van der Waals surface area contributed by atoms with Crippen molar-refractivity contribution in [1.29, 1.82) is 0 Å². The van der Waals surface area contributed by atoms with Crippen molar-refractivity contribution in [3.63, 3.8) is 0 Å². The molecule has 0 unspecified atom stereocenters. The van der Waals surface area contributed by atoms with Gasteiger partial charge in [-0.15, -0.1) is 11.3 Å². The summed E-state index contributed by atoms with van der Waals surface area (Å²) in [4.78, 5) is 9.06. The number of nitrogens with zero attached hydrogens (tertiary/aromatic N) is 3. The molecule has 2 N–H and O–H groups in total. The number of aromatic nitrogens is 2. The maximum Gasteiger partial charge on any atom is 0.191 e. The van der Waals surface area contributed by atoms with Crippen molar-refractivity contribution in [2.45, 2.75) is 59.4 Å². The van der Waals surface area contributed by atoms with Gasteiger partial charge in [0.25, 0.3) is 0 Å². The average Bonchev–Trinajstić information content (AvgIpc) is 3.23. The highest BCUT2D eigenvalue weighted by Crippen LogP contribution is 2.22. The summed E-state index contributed by atoms with van der Waals surface area (Å²) in [6.07, 6.45) is 3.04. The van der Waals surface area contributed by atoms with E-state index >= 15 is 0 Å². The lowest BCUT2D eigenvalue weighted by atomic mass is 9.99. The third-order valence-electron chi connectivity index (χ3n) is 4.06. The van der Waals surface area contributed by atoms with Gasteiger partial charge in [0.1, 0.15) is 6.54 Å². The molecular formula is C18H29N5OS. The monoisotopic (exact) mass is 363 g/mol.